The van der Waals surface area contributed by atoms with Crippen LogP contribution in [-0.2, 0) is 0 Å². The third-order valence-corrected chi connectivity index (χ3v) is 4.25. The maximum Gasteiger partial charge on any atom is 0.321 e. The third kappa shape index (κ3) is 3.88. The lowest BCUT2D eigenvalue weighted by molar-refractivity contribution is 0.252. The minimum absolute atomic E-state index is 0.317. The van der Waals surface area contributed by atoms with Crippen LogP contribution in [0.4, 0.5) is 10.7 Å². The van der Waals surface area contributed by atoms with Crippen molar-refractivity contribution in [2.45, 2.75) is 13.8 Å². The average Bonchev–Trinajstić information content (AvgIpc) is 3.37. The summed E-state index contributed by atoms with van der Waals surface area (Å²) in [5, 5.41) is 9.74. The Balaban J connectivity index is 1.78. The second-order valence-electron chi connectivity index (χ2n) is 6.23. The van der Waals surface area contributed by atoms with Crippen LogP contribution in [0.3, 0.4) is 0 Å². The molecule has 0 saturated heterocycles. The number of amides is 2. The number of hydrogen-bond acceptors (Lipinski definition) is 5. The van der Waals surface area contributed by atoms with E-state index in [-0.39, 0.29) is 6.03 Å². The predicted octanol–water partition coefficient (Wildman–Crippen LogP) is 3.35. The summed E-state index contributed by atoms with van der Waals surface area (Å²) in [5.41, 5.74) is 4.13. The first kappa shape index (κ1) is 18.5. The van der Waals surface area contributed by atoms with Crippen molar-refractivity contribution in [2.24, 2.45) is 0 Å². The predicted molar refractivity (Wildman–Crippen MR) is 110 cm³/mol. The molecule has 0 aliphatic carbocycles. The lowest BCUT2D eigenvalue weighted by Crippen LogP contribution is -2.28. The molecule has 0 atom stereocenters. The molecule has 0 spiro atoms. The highest BCUT2D eigenvalue weighted by atomic mass is 16.5. The number of H-pyrrole nitrogens is 1. The topological polar surface area (TPSA) is 110 Å². The molecular formula is C20H21N7O2. The number of hydrogen-bond donors (Lipinski definition) is 3. The SMILES string of the molecule is CCNC(=O)Nc1nc2cc(-c3ccc(OCC)nc3)cc(-n3cccn3)c2[nH]1. The van der Waals surface area contributed by atoms with E-state index in [2.05, 4.69) is 30.7 Å². The molecule has 0 saturated carbocycles. The Morgan fingerprint density at radius 2 is 2.14 bits per heavy atom. The molecule has 4 rings (SSSR count). The van der Waals surface area contributed by atoms with Crippen molar-refractivity contribution in [3.05, 3.63) is 48.9 Å². The monoisotopic (exact) mass is 391 g/mol. The molecule has 0 unspecified atom stereocenters. The van der Waals surface area contributed by atoms with Crippen molar-refractivity contribution in [3.8, 4) is 22.7 Å². The zero-order valence-corrected chi connectivity index (χ0v) is 16.1. The second-order valence-corrected chi connectivity index (χ2v) is 6.23. The fraction of sp³-hybridized carbons (Fsp3) is 0.200. The second kappa shape index (κ2) is 8.01. The van der Waals surface area contributed by atoms with E-state index in [1.807, 2.05) is 50.4 Å². The Bertz CT molecular complexity index is 1120. The number of pyridine rings is 1. The van der Waals surface area contributed by atoms with Crippen LogP contribution in [0.2, 0.25) is 0 Å². The highest BCUT2D eigenvalue weighted by Gasteiger charge is 2.14. The highest BCUT2D eigenvalue weighted by molar-refractivity contribution is 5.94. The number of urea groups is 1. The van der Waals surface area contributed by atoms with E-state index in [4.69, 9.17) is 4.74 Å². The molecule has 9 nitrogen and oxygen atoms in total. The number of anilines is 1. The summed E-state index contributed by atoms with van der Waals surface area (Å²) in [5.74, 6) is 0.944. The van der Waals surface area contributed by atoms with Gasteiger partial charge in [0.1, 0.15) is 0 Å². The van der Waals surface area contributed by atoms with E-state index in [9.17, 15) is 4.79 Å². The first-order valence-electron chi connectivity index (χ1n) is 9.35. The largest absolute Gasteiger partial charge is 0.478 e. The molecule has 0 radical (unpaired) electrons. The van der Waals surface area contributed by atoms with E-state index in [1.165, 1.54) is 0 Å². The summed E-state index contributed by atoms with van der Waals surface area (Å²) in [6, 6.07) is 9.26. The van der Waals surface area contributed by atoms with E-state index < -0.39 is 0 Å². The van der Waals surface area contributed by atoms with Gasteiger partial charge in [-0.3, -0.25) is 5.32 Å². The van der Waals surface area contributed by atoms with Gasteiger partial charge >= 0.3 is 6.03 Å². The Labute approximate surface area is 167 Å². The number of fused-ring (bicyclic) bond motifs is 1. The first-order valence-corrected chi connectivity index (χ1v) is 9.35. The van der Waals surface area contributed by atoms with Gasteiger partial charge in [0.05, 0.1) is 23.3 Å². The summed E-state index contributed by atoms with van der Waals surface area (Å²) in [4.78, 5) is 23.9. The number of imidazole rings is 1. The van der Waals surface area contributed by atoms with Gasteiger partial charge in [-0.25, -0.2) is 19.4 Å². The van der Waals surface area contributed by atoms with Crippen LogP contribution in [0.1, 0.15) is 13.8 Å². The number of aromatic nitrogens is 5. The number of benzene rings is 1. The number of nitrogens with one attached hydrogen (secondary N) is 3. The normalized spacial score (nSPS) is 10.8. The number of carbonyl (C=O) groups is 1. The van der Waals surface area contributed by atoms with E-state index in [1.54, 1.807) is 17.1 Å². The minimum atomic E-state index is -0.317. The van der Waals surface area contributed by atoms with Crippen molar-refractivity contribution in [1.29, 1.82) is 0 Å². The Kier molecular flexibility index (Phi) is 5.10. The maximum atomic E-state index is 11.9. The number of aromatic amines is 1. The molecule has 0 bridgehead atoms. The van der Waals surface area contributed by atoms with Gasteiger partial charge in [0, 0.05) is 36.8 Å². The van der Waals surface area contributed by atoms with Gasteiger partial charge in [0.25, 0.3) is 0 Å². The van der Waals surface area contributed by atoms with Gasteiger partial charge in [-0.2, -0.15) is 5.10 Å². The van der Waals surface area contributed by atoms with Crippen LogP contribution in [0.15, 0.2) is 48.9 Å². The van der Waals surface area contributed by atoms with Gasteiger partial charge in [-0.05, 0) is 43.7 Å². The quantitative estimate of drug-likeness (QED) is 0.467. The third-order valence-electron chi connectivity index (χ3n) is 4.25. The van der Waals surface area contributed by atoms with Crippen molar-refractivity contribution >= 4 is 23.0 Å². The zero-order valence-electron chi connectivity index (χ0n) is 16.1. The molecule has 1 aromatic carbocycles. The smallest absolute Gasteiger partial charge is 0.321 e. The van der Waals surface area contributed by atoms with Crippen LogP contribution < -0.4 is 15.4 Å². The Morgan fingerprint density at radius 3 is 2.83 bits per heavy atom. The number of nitrogens with zero attached hydrogens (tertiary/aromatic N) is 4. The summed E-state index contributed by atoms with van der Waals surface area (Å²) in [6.07, 6.45) is 5.33. The van der Waals surface area contributed by atoms with Crippen LogP contribution in [-0.4, -0.2) is 43.9 Å². The van der Waals surface area contributed by atoms with Crippen molar-refractivity contribution in [3.63, 3.8) is 0 Å². The molecule has 3 heterocycles. The molecule has 4 aromatic rings. The molecule has 3 N–H and O–H groups in total. The molecule has 9 heteroatoms. The molecule has 0 aliphatic heterocycles. The van der Waals surface area contributed by atoms with Gasteiger partial charge < -0.3 is 15.0 Å². The lowest BCUT2D eigenvalue weighted by atomic mass is 10.1. The van der Waals surface area contributed by atoms with Crippen molar-refractivity contribution in [2.75, 3.05) is 18.5 Å². The van der Waals surface area contributed by atoms with Crippen LogP contribution >= 0.6 is 0 Å². The fourth-order valence-corrected chi connectivity index (χ4v) is 3.01. The van der Waals surface area contributed by atoms with Crippen LogP contribution in [0, 0.1) is 0 Å². The summed E-state index contributed by atoms with van der Waals surface area (Å²) < 4.78 is 7.17. The van der Waals surface area contributed by atoms with Crippen LogP contribution in [0.5, 0.6) is 5.88 Å². The van der Waals surface area contributed by atoms with Gasteiger partial charge in [-0.15, -0.1) is 0 Å². The minimum Gasteiger partial charge on any atom is -0.478 e. The first-order chi connectivity index (χ1) is 14.2. The van der Waals surface area contributed by atoms with Crippen molar-refractivity contribution < 1.29 is 9.53 Å². The molecule has 3 aromatic heterocycles. The molecule has 0 fully saturated rings. The molecule has 148 valence electrons. The van der Waals surface area contributed by atoms with E-state index in [0.29, 0.717) is 30.5 Å². The number of rotatable bonds is 6. The van der Waals surface area contributed by atoms with Crippen molar-refractivity contribution in [1.82, 2.24) is 30.0 Å². The average molecular weight is 391 g/mol. The summed E-state index contributed by atoms with van der Waals surface area (Å²) in [6.45, 7) is 4.87. The zero-order chi connectivity index (χ0) is 20.2. The molecule has 29 heavy (non-hydrogen) atoms. The standard InChI is InChI=1S/C20H21N7O2/c1-3-21-20(28)26-19-24-15-10-14(13-6-7-17(22-12-13)29-4-2)11-16(18(15)25-19)27-9-5-8-23-27/h5-12H,3-4H2,1-2H3,(H3,21,24,25,26,28). The van der Waals surface area contributed by atoms with E-state index >= 15 is 0 Å². The summed E-state index contributed by atoms with van der Waals surface area (Å²) in [7, 11) is 0. The van der Waals surface area contributed by atoms with Gasteiger partial charge in [-0.1, -0.05) is 0 Å². The highest BCUT2D eigenvalue weighted by Crippen LogP contribution is 2.30. The van der Waals surface area contributed by atoms with Gasteiger partial charge in [0.2, 0.25) is 11.8 Å². The molecule has 2 amide bonds. The lowest BCUT2D eigenvalue weighted by Gasteiger charge is -2.08. The Hall–Kier alpha value is -3.88. The molecular weight excluding hydrogens is 370 g/mol. The van der Waals surface area contributed by atoms with Gasteiger partial charge in [0.15, 0.2) is 0 Å². The van der Waals surface area contributed by atoms with E-state index in [0.717, 1.165) is 22.3 Å². The Morgan fingerprint density at radius 1 is 1.24 bits per heavy atom. The summed E-state index contributed by atoms with van der Waals surface area (Å²) >= 11 is 0. The number of carbonyl (C=O) groups excluding carboxylic acids is 1. The fourth-order valence-electron chi connectivity index (χ4n) is 3.01. The maximum absolute atomic E-state index is 11.9. The molecule has 0 aliphatic rings. The number of ether oxygens (including phenoxy) is 1. The van der Waals surface area contributed by atoms with Crippen LogP contribution in [0.25, 0.3) is 27.8 Å².